The van der Waals surface area contributed by atoms with E-state index in [2.05, 4.69) is 9.73 Å². The highest BCUT2D eigenvalue weighted by Crippen LogP contribution is 2.07. The summed E-state index contributed by atoms with van der Waals surface area (Å²) in [5, 5.41) is 0.676. The van der Waals surface area contributed by atoms with Crippen molar-refractivity contribution in [3.63, 3.8) is 0 Å². The van der Waals surface area contributed by atoms with Crippen LogP contribution in [0, 0.1) is 0 Å². The van der Waals surface area contributed by atoms with Crippen LogP contribution in [-0.4, -0.2) is 25.8 Å². The number of carbonyl (C=O) groups is 1. The van der Waals surface area contributed by atoms with Crippen LogP contribution in [0.4, 0.5) is 0 Å². The number of nitrogens with zero attached hydrogens (tertiary/aromatic N) is 1. The summed E-state index contributed by atoms with van der Waals surface area (Å²) in [4.78, 5) is 14.6. The van der Waals surface area contributed by atoms with E-state index in [1.807, 2.05) is 12.1 Å². The van der Waals surface area contributed by atoms with Crippen LogP contribution >= 0.6 is 11.6 Å². The van der Waals surface area contributed by atoms with E-state index in [-0.39, 0.29) is 12.5 Å². The van der Waals surface area contributed by atoms with Gasteiger partial charge in [0.2, 0.25) is 0 Å². The van der Waals surface area contributed by atoms with E-state index in [1.165, 1.54) is 7.11 Å². The quantitative estimate of drug-likeness (QED) is 0.566. The number of hydrogen-bond acceptors (Lipinski definition) is 3. The first-order valence-corrected chi connectivity index (χ1v) is 4.42. The molecule has 1 aromatic carbocycles. The molecular formula is C10H10ClNO2. The summed E-state index contributed by atoms with van der Waals surface area (Å²) < 4.78 is 4.43. The Balaban J connectivity index is 2.52. The summed E-state index contributed by atoms with van der Waals surface area (Å²) in [6.45, 7) is 0.0408. The number of hydrogen-bond donors (Lipinski definition) is 0. The molecule has 1 aromatic rings. The molecule has 0 bridgehead atoms. The lowest BCUT2D eigenvalue weighted by Gasteiger charge is -1.94. The monoisotopic (exact) mass is 211 g/mol. The van der Waals surface area contributed by atoms with E-state index in [0.29, 0.717) is 5.02 Å². The topological polar surface area (TPSA) is 38.7 Å². The van der Waals surface area contributed by atoms with Crippen molar-refractivity contribution in [3.05, 3.63) is 34.9 Å². The maximum atomic E-state index is 10.7. The second-order valence-corrected chi connectivity index (χ2v) is 3.03. The fourth-order valence-corrected chi connectivity index (χ4v) is 0.965. The van der Waals surface area contributed by atoms with Gasteiger partial charge in [-0.25, -0.2) is 0 Å². The van der Waals surface area contributed by atoms with E-state index in [1.54, 1.807) is 18.3 Å². The molecule has 0 aromatic heterocycles. The highest BCUT2D eigenvalue weighted by Gasteiger charge is 1.94. The van der Waals surface area contributed by atoms with Gasteiger partial charge in [-0.15, -0.1) is 0 Å². The second kappa shape index (κ2) is 5.40. The van der Waals surface area contributed by atoms with E-state index in [9.17, 15) is 4.79 Å². The molecule has 0 saturated heterocycles. The fourth-order valence-electron chi connectivity index (χ4n) is 0.839. The average molecular weight is 212 g/mol. The van der Waals surface area contributed by atoms with Crippen LogP contribution < -0.4 is 0 Å². The highest BCUT2D eigenvalue weighted by atomic mass is 35.5. The lowest BCUT2D eigenvalue weighted by atomic mass is 10.2. The standard InChI is InChI=1S/C10H10ClNO2/c1-14-10(13)7-12-6-8-2-4-9(11)5-3-8/h2-6H,7H2,1H3/b12-6+. The Kier molecular flexibility index (Phi) is 4.13. The van der Waals surface area contributed by atoms with Gasteiger partial charge in [0, 0.05) is 11.2 Å². The third kappa shape index (κ3) is 3.58. The van der Waals surface area contributed by atoms with Gasteiger partial charge in [0.15, 0.2) is 0 Å². The van der Waals surface area contributed by atoms with Crippen molar-refractivity contribution in [1.82, 2.24) is 0 Å². The van der Waals surface area contributed by atoms with Gasteiger partial charge in [-0.3, -0.25) is 9.79 Å². The molecule has 4 heteroatoms. The van der Waals surface area contributed by atoms with Gasteiger partial charge < -0.3 is 4.74 Å². The third-order valence-corrected chi connectivity index (χ3v) is 1.81. The maximum Gasteiger partial charge on any atom is 0.327 e. The van der Waals surface area contributed by atoms with Crippen molar-refractivity contribution >= 4 is 23.8 Å². The Hall–Kier alpha value is -1.35. The number of benzene rings is 1. The molecule has 0 amide bonds. The van der Waals surface area contributed by atoms with Gasteiger partial charge >= 0.3 is 5.97 Å². The van der Waals surface area contributed by atoms with E-state index < -0.39 is 0 Å². The average Bonchev–Trinajstić information content (AvgIpc) is 2.21. The number of halogens is 1. The largest absolute Gasteiger partial charge is 0.468 e. The van der Waals surface area contributed by atoms with Crippen LogP contribution in [0.2, 0.25) is 5.02 Å². The Bertz CT molecular complexity index is 332. The van der Waals surface area contributed by atoms with E-state index in [4.69, 9.17) is 11.6 Å². The van der Waals surface area contributed by atoms with Crippen molar-refractivity contribution in [2.45, 2.75) is 0 Å². The number of aliphatic imine (C=N–C) groups is 1. The van der Waals surface area contributed by atoms with Gasteiger partial charge in [-0.05, 0) is 17.7 Å². The summed E-state index contributed by atoms with van der Waals surface area (Å²) in [5.41, 5.74) is 0.901. The molecule has 0 unspecified atom stereocenters. The summed E-state index contributed by atoms with van der Waals surface area (Å²) in [6, 6.07) is 7.17. The zero-order valence-electron chi connectivity index (χ0n) is 7.74. The van der Waals surface area contributed by atoms with Crippen molar-refractivity contribution in [2.24, 2.45) is 4.99 Å². The molecule has 0 atom stereocenters. The van der Waals surface area contributed by atoms with Crippen LogP contribution in [0.25, 0.3) is 0 Å². The predicted octanol–water partition coefficient (Wildman–Crippen LogP) is 1.93. The molecule has 0 aliphatic carbocycles. The SMILES string of the molecule is COC(=O)C/N=C/c1ccc(Cl)cc1. The molecule has 1 rings (SSSR count). The fraction of sp³-hybridized carbons (Fsp3) is 0.200. The summed E-state index contributed by atoms with van der Waals surface area (Å²) in [6.07, 6.45) is 1.60. The van der Waals surface area contributed by atoms with Crippen LogP contribution in [0.1, 0.15) is 5.56 Å². The van der Waals surface area contributed by atoms with Crippen molar-refractivity contribution < 1.29 is 9.53 Å². The molecule has 0 N–H and O–H groups in total. The van der Waals surface area contributed by atoms with Crippen molar-refractivity contribution in [2.75, 3.05) is 13.7 Å². The first-order chi connectivity index (χ1) is 6.72. The minimum absolute atomic E-state index is 0.0408. The van der Waals surface area contributed by atoms with Gasteiger partial charge in [0.05, 0.1) is 7.11 Å². The normalized spacial score (nSPS) is 10.4. The first-order valence-electron chi connectivity index (χ1n) is 4.04. The van der Waals surface area contributed by atoms with Crippen molar-refractivity contribution in [1.29, 1.82) is 0 Å². The molecule has 0 saturated carbocycles. The maximum absolute atomic E-state index is 10.7. The molecule has 0 spiro atoms. The summed E-state index contributed by atoms with van der Waals surface area (Å²) in [5.74, 6) is -0.352. The highest BCUT2D eigenvalue weighted by molar-refractivity contribution is 6.30. The Morgan fingerprint density at radius 1 is 1.50 bits per heavy atom. The number of rotatable bonds is 3. The number of esters is 1. The Morgan fingerprint density at radius 3 is 2.71 bits per heavy atom. The zero-order valence-corrected chi connectivity index (χ0v) is 8.49. The number of methoxy groups -OCH3 is 1. The minimum Gasteiger partial charge on any atom is -0.468 e. The van der Waals surface area contributed by atoms with Gasteiger partial charge in [-0.2, -0.15) is 0 Å². The second-order valence-electron chi connectivity index (χ2n) is 2.60. The molecule has 0 aliphatic rings. The molecule has 0 radical (unpaired) electrons. The van der Waals surface area contributed by atoms with Crippen molar-refractivity contribution in [3.8, 4) is 0 Å². The molecule has 0 fully saturated rings. The van der Waals surface area contributed by atoms with Gasteiger partial charge in [0.1, 0.15) is 6.54 Å². The van der Waals surface area contributed by atoms with Gasteiger partial charge in [-0.1, -0.05) is 23.7 Å². The summed E-state index contributed by atoms with van der Waals surface area (Å²) in [7, 11) is 1.33. The molecule has 3 nitrogen and oxygen atoms in total. The molecule has 74 valence electrons. The van der Waals surface area contributed by atoms with Gasteiger partial charge in [0.25, 0.3) is 0 Å². The lowest BCUT2D eigenvalue weighted by molar-refractivity contribution is -0.138. The van der Waals surface area contributed by atoms with Crippen LogP contribution in [0.15, 0.2) is 29.3 Å². The Labute approximate surface area is 87.4 Å². The Morgan fingerprint density at radius 2 is 2.14 bits per heavy atom. The minimum atomic E-state index is -0.352. The van der Waals surface area contributed by atoms with E-state index in [0.717, 1.165) is 5.56 Å². The molecular weight excluding hydrogens is 202 g/mol. The predicted molar refractivity (Wildman–Crippen MR) is 55.9 cm³/mol. The first kappa shape index (κ1) is 10.7. The van der Waals surface area contributed by atoms with E-state index >= 15 is 0 Å². The smallest absolute Gasteiger partial charge is 0.327 e. The number of ether oxygens (including phenoxy) is 1. The summed E-state index contributed by atoms with van der Waals surface area (Å²) >= 11 is 5.70. The molecule has 0 aliphatic heterocycles. The van der Waals surface area contributed by atoms with Crippen LogP contribution in [0.5, 0.6) is 0 Å². The lowest BCUT2D eigenvalue weighted by Crippen LogP contribution is -2.04. The third-order valence-electron chi connectivity index (χ3n) is 1.56. The molecule has 14 heavy (non-hydrogen) atoms. The van der Waals surface area contributed by atoms with Crippen LogP contribution in [-0.2, 0) is 9.53 Å². The molecule has 0 heterocycles. The number of carbonyl (C=O) groups excluding carboxylic acids is 1. The zero-order chi connectivity index (χ0) is 10.4. The van der Waals surface area contributed by atoms with Crippen LogP contribution in [0.3, 0.4) is 0 Å².